The van der Waals surface area contributed by atoms with Crippen LogP contribution >= 0.6 is 11.6 Å². The maximum Gasteiger partial charge on any atom is 0.250 e. The van der Waals surface area contributed by atoms with Gasteiger partial charge in [0.15, 0.2) is 0 Å². The number of ether oxygens (including phenoxy) is 1. The predicted octanol–water partition coefficient (Wildman–Crippen LogP) is 4.08. The Morgan fingerprint density at radius 2 is 1.78 bits per heavy atom. The first kappa shape index (κ1) is 19.1. The topological polar surface area (TPSA) is 57.2 Å². The van der Waals surface area contributed by atoms with E-state index in [1.54, 1.807) is 24.4 Å². The molecule has 0 amide bonds. The molecule has 1 aromatic heterocycles. The number of rotatable bonds is 7. The summed E-state index contributed by atoms with van der Waals surface area (Å²) in [5.41, 5.74) is 7.45. The van der Waals surface area contributed by atoms with Crippen LogP contribution in [0.15, 0.2) is 65.6 Å². The quantitative estimate of drug-likeness (QED) is 0.622. The third-order valence-corrected chi connectivity index (χ3v) is 4.38. The van der Waals surface area contributed by atoms with E-state index in [-0.39, 0.29) is 12.1 Å². The van der Waals surface area contributed by atoms with Crippen LogP contribution in [-0.2, 0) is 6.54 Å². The molecule has 0 fully saturated rings. The Kier molecular flexibility index (Phi) is 6.27. The highest BCUT2D eigenvalue weighted by molar-refractivity contribution is 6.30. The summed E-state index contributed by atoms with van der Waals surface area (Å²) >= 11 is 5.78. The number of hydrogen-bond donors (Lipinski definition) is 1. The highest BCUT2D eigenvalue weighted by Crippen LogP contribution is 2.22. The molecule has 140 valence electrons. The van der Waals surface area contributed by atoms with Crippen molar-refractivity contribution >= 4 is 11.6 Å². The van der Waals surface area contributed by atoms with Crippen LogP contribution in [0.4, 0.5) is 4.39 Å². The number of benzene rings is 2. The van der Waals surface area contributed by atoms with E-state index in [0.29, 0.717) is 23.7 Å². The van der Waals surface area contributed by atoms with E-state index in [2.05, 4.69) is 0 Å². The molecule has 0 unspecified atom stereocenters. The molecule has 0 aliphatic rings. The summed E-state index contributed by atoms with van der Waals surface area (Å²) in [6, 6.07) is 15.3. The fourth-order valence-electron chi connectivity index (χ4n) is 2.68. The summed E-state index contributed by atoms with van der Waals surface area (Å²) < 4.78 is 21.1. The molecule has 3 rings (SSSR count). The van der Waals surface area contributed by atoms with Gasteiger partial charge in [-0.3, -0.25) is 4.79 Å². The lowest BCUT2D eigenvalue weighted by Gasteiger charge is -2.10. The Hall–Kier alpha value is -2.63. The van der Waals surface area contributed by atoms with Crippen molar-refractivity contribution in [3.63, 3.8) is 0 Å². The van der Waals surface area contributed by atoms with Gasteiger partial charge in [-0.2, -0.15) is 0 Å². The highest BCUT2D eigenvalue weighted by atomic mass is 35.5. The molecular weight excluding hydrogens is 367 g/mol. The molecule has 0 atom stereocenters. The Labute approximate surface area is 162 Å². The molecule has 0 saturated carbocycles. The van der Waals surface area contributed by atoms with Gasteiger partial charge in [-0.1, -0.05) is 29.8 Å². The summed E-state index contributed by atoms with van der Waals surface area (Å²) in [6.07, 6.45) is 2.52. The van der Waals surface area contributed by atoms with Gasteiger partial charge in [-0.15, -0.1) is 0 Å². The molecule has 0 aliphatic carbocycles. The lowest BCUT2D eigenvalue weighted by molar-refractivity contribution is 0.313. The molecule has 2 N–H and O–H groups in total. The van der Waals surface area contributed by atoms with Crippen molar-refractivity contribution in [3.05, 3.63) is 87.6 Å². The van der Waals surface area contributed by atoms with Crippen molar-refractivity contribution in [1.29, 1.82) is 0 Å². The second-order valence-electron chi connectivity index (χ2n) is 6.13. The van der Waals surface area contributed by atoms with Gasteiger partial charge in [-0.25, -0.2) is 4.39 Å². The van der Waals surface area contributed by atoms with Crippen molar-refractivity contribution in [2.24, 2.45) is 5.73 Å². The third-order valence-electron chi connectivity index (χ3n) is 4.14. The minimum Gasteiger partial charge on any atom is -0.494 e. The van der Waals surface area contributed by atoms with Crippen molar-refractivity contribution in [1.82, 2.24) is 4.57 Å². The molecule has 4 nitrogen and oxygen atoms in total. The Bertz CT molecular complexity index is 971. The number of halogens is 2. The predicted molar refractivity (Wildman–Crippen MR) is 106 cm³/mol. The normalized spacial score (nSPS) is 10.8. The lowest BCUT2D eigenvalue weighted by Crippen LogP contribution is -2.19. The molecule has 2 aromatic carbocycles. The maximum absolute atomic E-state index is 14.0. The SMILES string of the molecule is NCCCOc1ccc(-c2ccc(=O)n(Cc3ccc(Cl)cc3F)c2)cc1. The van der Waals surface area contributed by atoms with Gasteiger partial charge in [0.2, 0.25) is 0 Å². The highest BCUT2D eigenvalue weighted by Gasteiger charge is 2.07. The van der Waals surface area contributed by atoms with Gasteiger partial charge in [0.05, 0.1) is 13.2 Å². The van der Waals surface area contributed by atoms with Crippen molar-refractivity contribution < 1.29 is 9.13 Å². The average Bonchev–Trinajstić information content (AvgIpc) is 2.66. The Balaban J connectivity index is 1.81. The molecule has 1 heterocycles. The summed E-state index contributed by atoms with van der Waals surface area (Å²) in [5.74, 6) is 0.336. The van der Waals surface area contributed by atoms with E-state index in [1.807, 2.05) is 24.3 Å². The van der Waals surface area contributed by atoms with Gasteiger partial charge in [0, 0.05) is 22.8 Å². The van der Waals surface area contributed by atoms with Gasteiger partial charge >= 0.3 is 0 Å². The van der Waals surface area contributed by atoms with E-state index >= 15 is 0 Å². The molecule has 0 saturated heterocycles. The number of pyridine rings is 1. The molecular formula is C21H20ClFN2O2. The summed E-state index contributed by atoms with van der Waals surface area (Å²) in [6.45, 7) is 1.30. The van der Waals surface area contributed by atoms with E-state index in [1.165, 1.54) is 16.7 Å². The lowest BCUT2D eigenvalue weighted by atomic mass is 10.1. The van der Waals surface area contributed by atoms with Crippen LogP contribution in [0.25, 0.3) is 11.1 Å². The third kappa shape index (κ3) is 4.96. The van der Waals surface area contributed by atoms with Crippen LogP contribution < -0.4 is 16.0 Å². The second-order valence-corrected chi connectivity index (χ2v) is 6.57. The van der Waals surface area contributed by atoms with Crippen LogP contribution in [0.1, 0.15) is 12.0 Å². The first-order valence-electron chi connectivity index (χ1n) is 8.64. The van der Waals surface area contributed by atoms with E-state index in [9.17, 15) is 9.18 Å². The van der Waals surface area contributed by atoms with E-state index < -0.39 is 5.82 Å². The van der Waals surface area contributed by atoms with Crippen LogP contribution in [0, 0.1) is 5.82 Å². The van der Waals surface area contributed by atoms with Crippen LogP contribution in [0.5, 0.6) is 5.75 Å². The van der Waals surface area contributed by atoms with Crippen LogP contribution in [0.2, 0.25) is 5.02 Å². The first-order valence-corrected chi connectivity index (χ1v) is 9.02. The fraction of sp³-hybridized carbons (Fsp3) is 0.190. The van der Waals surface area contributed by atoms with Crippen LogP contribution in [0.3, 0.4) is 0 Å². The standard InChI is InChI=1S/C21H20ClFN2O2/c22-18-6-2-17(20(23)12-18)14-25-13-16(5-9-21(25)26)15-3-7-19(8-4-15)27-11-1-10-24/h2-9,12-13H,1,10-11,14,24H2. The monoisotopic (exact) mass is 386 g/mol. The maximum atomic E-state index is 14.0. The summed E-state index contributed by atoms with van der Waals surface area (Å²) in [5, 5.41) is 0.325. The van der Waals surface area contributed by atoms with Gasteiger partial charge in [0.1, 0.15) is 11.6 Å². The smallest absolute Gasteiger partial charge is 0.250 e. The first-order chi connectivity index (χ1) is 13.1. The van der Waals surface area contributed by atoms with Gasteiger partial charge in [-0.05, 0) is 54.4 Å². The zero-order valence-corrected chi connectivity index (χ0v) is 15.5. The van der Waals surface area contributed by atoms with E-state index in [0.717, 1.165) is 23.3 Å². The van der Waals surface area contributed by atoms with Crippen LogP contribution in [-0.4, -0.2) is 17.7 Å². The summed E-state index contributed by atoms with van der Waals surface area (Å²) in [4.78, 5) is 12.2. The van der Waals surface area contributed by atoms with Gasteiger partial charge in [0.25, 0.3) is 5.56 Å². The molecule has 27 heavy (non-hydrogen) atoms. The number of nitrogens with zero attached hydrogens (tertiary/aromatic N) is 1. The molecule has 6 heteroatoms. The zero-order chi connectivity index (χ0) is 19.2. The fourth-order valence-corrected chi connectivity index (χ4v) is 2.83. The molecule has 0 spiro atoms. The second kappa shape index (κ2) is 8.84. The zero-order valence-electron chi connectivity index (χ0n) is 14.7. The average molecular weight is 387 g/mol. The van der Waals surface area contributed by atoms with Crippen molar-refractivity contribution in [3.8, 4) is 16.9 Å². The Morgan fingerprint density at radius 3 is 2.48 bits per heavy atom. The van der Waals surface area contributed by atoms with Crippen molar-refractivity contribution in [2.75, 3.05) is 13.2 Å². The number of aromatic nitrogens is 1. The number of nitrogens with two attached hydrogens (primary N) is 1. The molecule has 3 aromatic rings. The van der Waals surface area contributed by atoms with Gasteiger partial charge < -0.3 is 15.0 Å². The number of hydrogen-bond acceptors (Lipinski definition) is 3. The molecule has 0 aliphatic heterocycles. The van der Waals surface area contributed by atoms with E-state index in [4.69, 9.17) is 22.1 Å². The largest absolute Gasteiger partial charge is 0.494 e. The minimum atomic E-state index is -0.432. The Morgan fingerprint density at radius 1 is 1.04 bits per heavy atom. The molecule has 0 bridgehead atoms. The molecule has 0 radical (unpaired) electrons. The van der Waals surface area contributed by atoms with Crippen molar-refractivity contribution in [2.45, 2.75) is 13.0 Å². The minimum absolute atomic E-state index is 0.135. The summed E-state index contributed by atoms with van der Waals surface area (Å²) in [7, 11) is 0.